The van der Waals surface area contributed by atoms with Gasteiger partial charge in [-0.25, -0.2) is 4.79 Å². The predicted octanol–water partition coefficient (Wildman–Crippen LogP) is 4.27. The van der Waals surface area contributed by atoms with E-state index in [1.807, 2.05) is 30.3 Å². The standard InChI is InChI=1S/C25H28F3N5O3/c1-24(2,35)17-31-12-14-32(15-13-31)23(34)33(20-6-4-3-5-7-20)16-18-8-10-19(11-9-18)21-29-30-22(36-21)25(26,27)28/h3-11,35H,12-17H2,1-2H3. The molecule has 1 saturated heterocycles. The monoisotopic (exact) mass is 503 g/mol. The van der Waals surface area contributed by atoms with Crippen LogP contribution in [0.15, 0.2) is 59.0 Å². The van der Waals surface area contributed by atoms with E-state index in [1.54, 1.807) is 47.9 Å². The summed E-state index contributed by atoms with van der Waals surface area (Å²) in [5, 5.41) is 16.6. The summed E-state index contributed by atoms with van der Waals surface area (Å²) in [5.41, 5.74) is 1.07. The highest BCUT2D eigenvalue weighted by molar-refractivity contribution is 5.92. The number of rotatable bonds is 6. The van der Waals surface area contributed by atoms with Gasteiger partial charge in [-0.15, -0.1) is 10.2 Å². The van der Waals surface area contributed by atoms with Gasteiger partial charge in [0.1, 0.15) is 0 Å². The van der Waals surface area contributed by atoms with Crippen molar-refractivity contribution < 1.29 is 27.5 Å². The molecule has 2 amide bonds. The lowest BCUT2D eigenvalue weighted by Gasteiger charge is -2.39. The van der Waals surface area contributed by atoms with Gasteiger partial charge in [-0.1, -0.05) is 30.3 Å². The predicted molar refractivity (Wildman–Crippen MR) is 127 cm³/mol. The first-order chi connectivity index (χ1) is 17.0. The Morgan fingerprint density at radius 2 is 1.64 bits per heavy atom. The van der Waals surface area contributed by atoms with Gasteiger partial charge in [0.05, 0.1) is 12.1 Å². The maximum absolute atomic E-state index is 13.5. The van der Waals surface area contributed by atoms with Crippen molar-refractivity contribution in [3.05, 3.63) is 66.1 Å². The molecule has 4 rings (SSSR count). The Labute approximate surface area is 206 Å². The molecule has 8 nitrogen and oxygen atoms in total. The van der Waals surface area contributed by atoms with E-state index in [4.69, 9.17) is 4.42 Å². The van der Waals surface area contributed by atoms with Crippen molar-refractivity contribution in [2.75, 3.05) is 37.6 Å². The SMILES string of the molecule is CC(C)(O)CN1CCN(C(=O)N(Cc2ccc(-c3nnc(C(F)(F)F)o3)cc2)c2ccccc2)CC1. The van der Waals surface area contributed by atoms with Crippen molar-refractivity contribution in [2.45, 2.75) is 32.2 Å². The number of anilines is 1. The largest absolute Gasteiger partial charge is 0.470 e. The van der Waals surface area contributed by atoms with Crippen LogP contribution in [0.3, 0.4) is 0 Å². The molecule has 192 valence electrons. The summed E-state index contributed by atoms with van der Waals surface area (Å²) >= 11 is 0. The number of carbonyl (C=O) groups is 1. The van der Waals surface area contributed by atoms with Gasteiger partial charge in [0.15, 0.2) is 0 Å². The van der Waals surface area contributed by atoms with Gasteiger partial charge >= 0.3 is 18.1 Å². The molecule has 0 bridgehead atoms. The number of hydrogen-bond donors (Lipinski definition) is 1. The fourth-order valence-electron chi connectivity index (χ4n) is 4.08. The van der Waals surface area contributed by atoms with Crippen LogP contribution in [0.2, 0.25) is 0 Å². The molecular formula is C25H28F3N5O3. The summed E-state index contributed by atoms with van der Waals surface area (Å²) in [7, 11) is 0. The second-order valence-electron chi connectivity index (χ2n) is 9.39. The first-order valence-electron chi connectivity index (χ1n) is 11.6. The molecule has 2 aromatic carbocycles. The highest BCUT2D eigenvalue weighted by atomic mass is 19.4. The molecule has 2 heterocycles. The van der Waals surface area contributed by atoms with Gasteiger partial charge in [-0.05, 0) is 43.7 Å². The van der Waals surface area contributed by atoms with Crippen LogP contribution in [-0.2, 0) is 12.7 Å². The van der Waals surface area contributed by atoms with Crippen LogP contribution in [0.5, 0.6) is 0 Å². The Morgan fingerprint density at radius 1 is 1.00 bits per heavy atom. The minimum absolute atomic E-state index is 0.139. The second-order valence-corrected chi connectivity index (χ2v) is 9.39. The summed E-state index contributed by atoms with van der Waals surface area (Å²) in [5.74, 6) is -1.63. The molecule has 1 aliphatic heterocycles. The third kappa shape index (κ3) is 6.41. The average molecular weight is 504 g/mol. The zero-order valence-corrected chi connectivity index (χ0v) is 20.1. The van der Waals surface area contributed by atoms with Crippen LogP contribution in [0, 0.1) is 0 Å². The topological polar surface area (TPSA) is 85.9 Å². The van der Waals surface area contributed by atoms with E-state index in [1.165, 1.54) is 0 Å². The number of hydrogen-bond acceptors (Lipinski definition) is 6. The molecule has 36 heavy (non-hydrogen) atoms. The van der Waals surface area contributed by atoms with Crippen LogP contribution in [0.1, 0.15) is 25.3 Å². The fourth-order valence-corrected chi connectivity index (χ4v) is 4.08. The summed E-state index contributed by atoms with van der Waals surface area (Å²) < 4.78 is 43.0. The van der Waals surface area contributed by atoms with Crippen molar-refractivity contribution >= 4 is 11.7 Å². The minimum Gasteiger partial charge on any atom is -0.413 e. The van der Waals surface area contributed by atoms with Gasteiger partial charge in [-0.2, -0.15) is 13.2 Å². The van der Waals surface area contributed by atoms with Gasteiger partial charge in [0.25, 0.3) is 0 Å². The minimum atomic E-state index is -4.71. The van der Waals surface area contributed by atoms with Gasteiger partial charge in [-0.3, -0.25) is 9.80 Å². The van der Waals surface area contributed by atoms with E-state index in [2.05, 4.69) is 15.1 Å². The highest BCUT2D eigenvalue weighted by Crippen LogP contribution is 2.30. The Kier molecular flexibility index (Phi) is 7.32. The van der Waals surface area contributed by atoms with Crippen molar-refractivity contribution in [3.8, 4) is 11.5 Å². The number of para-hydroxylation sites is 1. The van der Waals surface area contributed by atoms with Crippen molar-refractivity contribution in [2.24, 2.45) is 0 Å². The lowest BCUT2D eigenvalue weighted by Crippen LogP contribution is -2.54. The van der Waals surface area contributed by atoms with Crippen molar-refractivity contribution in [1.29, 1.82) is 0 Å². The number of carbonyl (C=O) groups excluding carboxylic acids is 1. The third-order valence-electron chi connectivity index (χ3n) is 5.76. The fraction of sp³-hybridized carbons (Fsp3) is 0.400. The number of benzene rings is 2. The van der Waals surface area contributed by atoms with Crippen molar-refractivity contribution in [3.63, 3.8) is 0 Å². The van der Waals surface area contributed by atoms with E-state index in [0.717, 1.165) is 11.3 Å². The first kappa shape index (κ1) is 25.6. The van der Waals surface area contributed by atoms with Crippen LogP contribution < -0.4 is 4.90 Å². The summed E-state index contributed by atoms with van der Waals surface area (Å²) in [6, 6.07) is 15.8. The molecule has 1 aromatic heterocycles. The van der Waals surface area contributed by atoms with Crippen LogP contribution >= 0.6 is 0 Å². The first-order valence-corrected chi connectivity index (χ1v) is 11.6. The molecule has 3 aromatic rings. The van der Waals surface area contributed by atoms with Crippen molar-refractivity contribution in [1.82, 2.24) is 20.0 Å². The van der Waals surface area contributed by atoms with E-state index in [9.17, 15) is 23.1 Å². The molecule has 1 fully saturated rings. The molecule has 0 atom stereocenters. The normalized spacial score (nSPS) is 15.2. The molecule has 0 spiro atoms. The summed E-state index contributed by atoms with van der Waals surface area (Å²) in [6.07, 6.45) is -4.71. The summed E-state index contributed by atoms with van der Waals surface area (Å²) in [6.45, 7) is 6.74. The zero-order valence-electron chi connectivity index (χ0n) is 20.1. The van der Waals surface area contributed by atoms with Gasteiger partial charge < -0.3 is 14.4 Å². The number of β-amino-alcohol motifs (C(OH)–C–C–N with tert-alkyl or cyclic N) is 1. The number of halogens is 3. The second kappa shape index (κ2) is 10.3. The number of urea groups is 1. The third-order valence-corrected chi connectivity index (χ3v) is 5.76. The Balaban J connectivity index is 1.48. The van der Waals surface area contributed by atoms with E-state index in [-0.39, 0.29) is 18.5 Å². The van der Waals surface area contributed by atoms with E-state index < -0.39 is 17.7 Å². The number of alkyl halides is 3. The molecule has 0 unspecified atom stereocenters. The van der Waals surface area contributed by atoms with Crippen LogP contribution in [0.25, 0.3) is 11.5 Å². The lowest BCUT2D eigenvalue weighted by atomic mass is 10.1. The van der Waals surface area contributed by atoms with Crippen LogP contribution in [-0.4, -0.2) is 69.5 Å². The van der Waals surface area contributed by atoms with E-state index in [0.29, 0.717) is 38.3 Å². The molecule has 0 radical (unpaired) electrons. The molecule has 0 aliphatic carbocycles. The number of aromatic nitrogens is 2. The highest BCUT2D eigenvalue weighted by Gasteiger charge is 2.38. The van der Waals surface area contributed by atoms with Gasteiger partial charge in [0, 0.05) is 44.0 Å². The Hall–Kier alpha value is -3.44. The zero-order chi connectivity index (χ0) is 25.9. The number of aliphatic hydroxyl groups is 1. The smallest absolute Gasteiger partial charge is 0.413 e. The Bertz CT molecular complexity index is 1150. The van der Waals surface area contributed by atoms with Crippen LogP contribution in [0.4, 0.5) is 23.7 Å². The number of nitrogens with zero attached hydrogens (tertiary/aromatic N) is 5. The van der Waals surface area contributed by atoms with E-state index >= 15 is 0 Å². The van der Waals surface area contributed by atoms with Gasteiger partial charge in [0.2, 0.25) is 5.89 Å². The number of amides is 2. The summed E-state index contributed by atoms with van der Waals surface area (Å²) in [4.78, 5) is 19.1. The average Bonchev–Trinajstić information content (AvgIpc) is 3.34. The molecule has 0 saturated carbocycles. The number of piperazine rings is 1. The molecular weight excluding hydrogens is 475 g/mol. The maximum atomic E-state index is 13.5. The Morgan fingerprint density at radius 3 is 2.19 bits per heavy atom. The molecule has 11 heteroatoms. The maximum Gasteiger partial charge on any atom is 0.470 e. The quantitative estimate of drug-likeness (QED) is 0.541. The lowest BCUT2D eigenvalue weighted by molar-refractivity contribution is -0.156. The molecule has 1 N–H and O–H groups in total. The molecule has 1 aliphatic rings.